The molecule has 0 aromatic carbocycles. The molecule has 0 amide bonds. The van der Waals surface area contributed by atoms with Crippen molar-refractivity contribution in [3.8, 4) is 0 Å². The summed E-state index contributed by atoms with van der Waals surface area (Å²) in [7, 11) is -4.78. The number of allylic oxidation sites excluding steroid dienone is 22. The molecule has 0 radical (unpaired) electrons. The lowest BCUT2D eigenvalue weighted by atomic mass is 10.1. The maximum absolute atomic E-state index is 12.9. The Hall–Kier alpha value is -4.38. The van der Waals surface area contributed by atoms with E-state index < -0.39 is 57.8 Å². The summed E-state index contributed by atoms with van der Waals surface area (Å²) in [6.07, 6.45) is 74.0. The van der Waals surface area contributed by atoms with Gasteiger partial charge in [-0.3, -0.25) is 23.4 Å². The lowest BCUT2D eigenvalue weighted by Gasteiger charge is -2.21. The van der Waals surface area contributed by atoms with Gasteiger partial charge < -0.3 is 24.2 Å². The molecule has 0 aromatic heterocycles. The summed E-state index contributed by atoms with van der Waals surface area (Å²) in [5, 5.41) is 9.83. The number of aliphatic hydroxyl groups is 1. The van der Waals surface area contributed by atoms with Crippen LogP contribution in [0.3, 0.4) is 0 Å². The topological polar surface area (TPSA) is 155 Å². The van der Waals surface area contributed by atoms with Crippen molar-refractivity contribution in [1.29, 1.82) is 0 Å². The van der Waals surface area contributed by atoms with Gasteiger partial charge in [-0.2, -0.15) is 0 Å². The van der Waals surface area contributed by atoms with E-state index in [9.17, 15) is 28.9 Å². The Labute approximate surface area is 474 Å². The zero-order valence-electron chi connectivity index (χ0n) is 48.8. The van der Waals surface area contributed by atoms with Gasteiger partial charge in [-0.05, 0) is 135 Å². The molecule has 78 heavy (non-hydrogen) atoms. The second-order valence-corrected chi connectivity index (χ2v) is 20.8. The standard InChI is InChI=1S/C66H107O11P/c1-4-7-10-13-16-19-22-25-28-30-31-33-36-39-42-45-48-51-54-57-66(70)77-63(59-73-64(68)55-52-49-46-43-40-37-35-32-29-26-23-20-17-14-11-8-5-2)61-75-78(71,72)74-60-62(58-67)76-65(69)56-53-50-47-44-41-38-34-27-24-21-18-15-12-9-6-3/h7-8,10-11,16-21,25-29,31,33-35,37,39,42,62-63,67H,4-6,9,12-15,22-24,30,32,36,38,40-41,43-61H2,1-3H3,(H,71,72)/b10-7-,11-8-,19-16-,20-17-,21-18-,28-25-,29-26-,33-31-,34-27-,37-35-,42-39-. The molecule has 0 rings (SSSR count). The quantitative estimate of drug-likeness (QED) is 0.0197. The molecule has 12 heteroatoms. The van der Waals surface area contributed by atoms with E-state index in [4.69, 9.17) is 23.3 Å². The van der Waals surface area contributed by atoms with Gasteiger partial charge in [0.15, 0.2) is 6.10 Å². The summed E-state index contributed by atoms with van der Waals surface area (Å²) in [5.41, 5.74) is 0. The van der Waals surface area contributed by atoms with Crippen LogP contribution in [-0.4, -0.2) is 66.5 Å². The summed E-state index contributed by atoms with van der Waals surface area (Å²) in [6.45, 7) is 4.30. The van der Waals surface area contributed by atoms with Crippen LogP contribution in [0.15, 0.2) is 134 Å². The minimum Gasteiger partial charge on any atom is -0.462 e. The lowest BCUT2D eigenvalue weighted by Crippen LogP contribution is -2.30. The predicted molar refractivity (Wildman–Crippen MR) is 325 cm³/mol. The maximum Gasteiger partial charge on any atom is 0.472 e. The van der Waals surface area contributed by atoms with Crippen LogP contribution in [0.4, 0.5) is 0 Å². The number of carbonyl (C=O) groups excluding carboxylic acids is 3. The van der Waals surface area contributed by atoms with E-state index in [-0.39, 0.29) is 25.9 Å². The van der Waals surface area contributed by atoms with E-state index in [0.717, 1.165) is 148 Å². The highest BCUT2D eigenvalue weighted by Gasteiger charge is 2.28. The number of carbonyl (C=O) groups is 3. The largest absolute Gasteiger partial charge is 0.472 e. The predicted octanol–water partition coefficient (Wildman–Crippen LogP) is 18.1. The van der Waals surface area contributed by atoms with E-state index in [1.807, 2.05) is 0 Å². The second-order valence-electron chi connectivity index (χ2n) is 19.4. The Bertz CT molecular complexity index is 1820. The number of esters is 3. The average molecular weight is 1110 g/mol. The van der Waals surface area contributed by atoms with E-state index in [1.165, 1.54) is 19.3 Å². The van der Waals surface area contributed by atoms with Gasteiger partial charge in [-0.15, -0.1) is 0 Å². The number of aliphatic hydroxyl groups excluding tert-OH is 1. The van der Waals surface area contributed by atoms with Crippen LogP contribution in [0.1, 0.15) is 226 Å². The first-order chi connectivity index (χ1) is 38.2. The number of hydrogen-bond acceptors (Lipinski definition) is 10. The highest BCUT2D eigenvalue weighted by Crippen LogP contribution is 2.43. The maximum atomic E-state index is 12.9. The second kappa shape index (κ2) is 58.8. The summed E-state index contributed by atoms with van der Waals surface area (Å²) < 4.78 is 39.5. The fourth-order valence-electron chi connectivity index (χ4n) is 7.52. The SMILES string of the molecule is CC/C=C\C/C=C\C/C=C\C/C=C\C/C=C\CCCCCC(=O)OC(COC(=O)CCCCCC/C=C\C/C=C\C/C=C\C/C=C\CC)COP(=O)(O)OCC(CO)OC(=O)CCCCCCC/C=C\C/C=C\CCCCC. The van der Waals surface area contributed by atoms with Crippen LogP contribution in [0.2, 0.25) is 0 Å². The number of phosphoric ester groups is 1. The Balaban J connectivity index is 4.86. The molecule has 3 atom stereocenters. The Morgan fingerprint density at radius 1 is 0.372 bits per heavy atom. The molecule has 2 N–H and O–H groups in total. The first-order valence-electron chi connectivity index (χ1n) is 30.1. The number of ether oxygens (including phenoxy) is 3. The first kappa shape index (κ1) is 73.6. The fraction of sp³-hybridized carbons (Fsp3) is 0.621. The Kier molecular flexibility index (Phi) is 55.5. The molecular weight excluding hydrogens is 1000 g/mol. The van der Waals surface area contributed by atoms with Gasteiger partial charge in [0.2, 0.25) is 0 Å². The molecule has 0 aromatic rings. The van der Waals surface area contributed by atoms with Crippen LogP contribution in [0, 0.1) is 0 Å². The first-order valence-corrected chi connectivity index (χ1v) is 31.6. The molecule has 0 heterocycles. The highest BCUT2D eigenvalue weighted by molar-refractivity contribution is 7.47. The van der Waals surface area contributed by atoms with Gasteiger partial charge >= 0.3 is 25.7 Å². The summed E-state index contributed by atoms with van der Waals surface area (Å²) in [5.74, 6) is -1.56. The van der Waals surface area contributed by atoms with Crippen LogP contribution in [-0.2, 0) is 42.2 Å². The van der Waals surface area contributed by atoms with Crippen LogP contribution < -0.4 is 0 Å². The van der Waals surface area contributed by atoms with Crippen molar-refractivity contribution in [2.45, 2.75) is 238 Å². The normalized spacial score (nSPS) is 14.3. The van der Waals surface area contributed by atoms with Gasteiger partial charge in [-0.1, -0.05) is 206 Å². The van der Waals surface area contributed by atoms with E-state index in [2.05, 4.69) is 154 Å². The van der Waals surface area contributed by atoms with E-state index >= 15 is 0 Å². The van der Waals surface area contributed by atoms with Gasteiger partial charge in [0.1, 0.15) is 12.7 Å². The van der Waals surface area contributed by atoms with Crippen molar-refractivity contribution in [3.05, 3.63) is 134 Å². The molecule has 0 bridgehead atoms. The third-order valence-corrected chi connectivity index (χ3v) is 13.0. The Morgan fingerprint density at radius 3 is 1.04 bits per heavy atom. The number of unbranched alkanes of at least 4 members (excludes halogenated alkanes) is 15. The molecule has 0 aliphatic rings. The zero-order valence-corrected chi connectivity index (χ0v) is 49.7. The molecule has 11 nitrogen and oxygen atoms in total. The monoisotopic (exact) mass is 1110 g/mol. The van der Waals surface area contributed by atoms with Crippen LogP contribution in [0.5, 0.6) is 0 Å². The highest BCUT2D eigenvalue weighted by atomic mass is 31.2. The molecule has 0 aliphatic heterocycles. The zero-order chi connectivity index (χ0) is 56.9. The molecule has 0 spiro atoms. The minimum atomic E-state index is -4.78. The molecule has 0 saturated heterocycles. The summed E-state index contributed by atoms with van der Waals surface area (Å²) in [6, 6.07) is 0. The Morgan fingerprint density at radius 2 is 0.667 bits per heavy atom. The van der Waals surface area contributed by atoms with Gasteiger partial charge in [0.05, 0.1) is 19.8 Å². The third kappa shape index (κ3) is 56.3. The average Bonchev–Trinajstić information content (AvgIpc) is 3.43. The third-order valence-electron chi connectivity index (χ3n) is 12.0. The smallest absolute Gasteiger partial charge is 0.462 e. The van der Waals surface area contributed by atoms with Gasteiger partial charge in [-0.25, -0.2) is 4.57 Å². The van der Waals surface area contributed by atoms with Crippen molar-refractivity contribution in [2.75, 3.05) is 26.4 Å². The molecular formula is C66H107O11P. The minimum absolute atomic E-state index is 0.114. The van der Waals surface area contributed by atoms with Crippen molar-refractivity contribution in [3.63, 3.8) is 0 Å². The van der Waals surface area contributed by atoms with Crippen molar-refractivity contribution < 1.29 is 52.2 Å². The van der Waals surface area contributed by atoms with Gasteiger partial charge in [0.25, 0.3) is 0 Å². The van der Waals surface area contributed by atoms with E-state index in [0.29, 0.717) is 19.3 Å². The van der Waals surface area contributed by atoms with Crippen LogP contribution in [0.25, 0.3) is 0 Å². The van der Waals surface area contributed by atoms with Crippen molar-refractivity contribution in [2.24, 2.45) is 0 Å². The van der Waals surface area contributed by atoms with Crippen molar-refractivity contribution >= 4 is 25.7 Å². The summed E-state index contributed by atoms with van der Waals surface area (Å²) >= 11 is 0. The van der Waals surface area contributed by atoms with Crippen LogP contribution >= 0.6 is 7.82 Å². The summed E-state index contributed by atoms with van der Waals surface area (Å²) in [4.78, 5) is 48.6. The molecule has 0 fully saturated rings. The van der Waals surface area contributed by atoms with E-state index in [1.54, 1.807) is 0 Å². The lowest BCUT2D eigenvalue weighted by molar-refractivity contribution is -0.161. The number of hydrogen-bond donors (Lipinski definition) is 2. The number of rotatable bonds is 54. The molecule has 3 unspecified atom stereocenters. The fourth-order valence-corrected chi connectivity index (χ4v) is 8.30. The number of phosphoric acid groups is 1. The molecule has 0 saturated carbocycles. The van der Waals surface area contributed by atoms with Gasteiger partial charge in [0, 0.05) is 19.3 Å². The van der Waals surface area contributed by atoms with Crippen molar-refractivity contribution in [1.82, 2.24) is 0 Å². The molecule has 0 aliphatic carbocycles. The molecule has 442 valence electrons.